The molecule has 23 heavy (non-hydrogen) atoms. The lowest BCUT2D eigenvalue weighted by Gasteiger charge is -2.10. The summed E-state index contributed by atoms with van der Waals surface area (Å²) in [6, 6.07) is 19.2. The Morgan fingerprint density at radius 2 is 1.43 bits per heavy atom. The van der Waals surface area contributed by atoms with E-state index >= 15 is 0 Å². The second-order valence-electron chi connectivity index (χ2n) is 5.91. The summed E-state index contributed by atoms with van der Waals surface area (Å²) in [6.07, 6.45) is 0. The molecule has 0 saturated carbocycles. The van der Waals surface area contributed by atoms with Crippen molar-refractivity contribution in [3.8, 4) is 16.8 Å². The van der Waals surface area contributed by atoms with Gasteiger partial charge in [-0.05, 0) is 61.4 Å². The minimum atomic E-state index is 0.922. The second-order valence-corrected chi connectivity index (χ2v) is 5.91. The van der Waals surface area contributed by atoms with Crippen molar-refractivity contribution in [1.29, 1.82) is 0 Å². The normalized spacial score (nSPS) is 11.3. The van der Waals surface area contributed by atoms with E-state index in [2.05, 4.69) is 83.3 Å². The minimum absolute atomic E-state index is 0.922. The van der Waals surface area contributed by atoms with E-state index in [-0.39, 0.29) is 0 Å². The lowest BCUT2D eigenvalue weighted by Crippen LogP contribution is -1.98. The molecule has 2 aromatic carbocycles. The summed E-state index contributed by atoms with van der Waals surface area (Å²) in [5.41, 5.74) is 7.99. The van der Waals surface area contributed by atoms with Crippen LogP contribution in [0.15, 0.2) is 54.6 Å². The predicted molar refractivity (Wildman–Crippen MR) is 92.7 cm³/mol. The van der Waals surface area contributed by atoms with E-state index < -0.39 is 0 Å². The Kier molecular flexibility index (Phi) is 3.05. The zero-order chi connectivity index (χ0) is 16.0. The van der Waals surface area contributed by atoms with Crippen LogP contribution in [0.2, 0.25) is 0 Å². The molecule has 0 aliphatic carbocycles. The van der Waals surface area contributed by atoms with E-state index in [9.17, 15) is 0 Å². The van der Waals surface area contributed by atoms with Crippen LogP contribution in [0.3, 0.4) is 0 Å². The summed E-state index contributed by atoms with van der Waals surface area (Å²) < 4.78 is 4.05. The third kappa shape index (κ3) is 2.23. The maximum atomic E-state index is 4.19. The van der Waals surface area contributed by atoms with Crippen LogP contribution >= 0.6 is 0 Å². The standard InChI is InChI=1S/C19H18N4/c1-13-4-5-14(2)23(13)17-9-6-15(7-10-17)16-8-11-19-18(12-16)20-21-22(19)3/h4-12H,1-3H3. The average molecular weight is 302 g/mol. The third-order valence-corrected chi connectivity index (χ3v) is 4.34. The van der Waals surface area contributed by atoms with Crippen molar-refractivity contribution in [3.05, 3.63) is 66.0 Å². The average Bonchev–Trinajstić information content (AvgIpc) is 3.10. The molecule has 4 nitrogen and oxygen atoms in total. The van der Waals surface area contributed by atoms with Gasteiger partial charge in [0.2, 0.25) is 0 Å². The van der Waals surface area contributed by atoms with Crippen molar-refractivity contribution in [2.75, 3.05) is 0 Å². The first-order chi connectivity index (χ1) is 11.1. The number of benzene rings is 2. The molecule has 0 fully saturated rings. The van der Waals surface area contributed by atoms with Gasteiger partial charge in [0.15, 0.2) is 0 Å². The Labute approximate surface area is 135 Å². The van der Waals surface area contributed by atoms with Gasteiger partial charge in [-0.2, -0.15) is 0 Å². The topological polar surface area (TPSA) is 35.6 Å². The first-order valence-electron chi connectivity index (χ1n) is 7.69. The highest BCUT2D eigenvalue weighted by Gasteiger charge is 2.06. The Balaban J connectivity index is 1.75. The Hall–Kier alpha value is -2.88. The third-order valence-electron chi connectivity index (χ3n) is 4.34. The molecule has 2 aromatic heterocycles. The van der Waals surface area contributed by atoms with Gasteiger partial charge in [-0.3, -0.25) is 0 Å². The van der Waals surface area contributed by atoms with Crippen molar-refractivity contribution in [3.63, 3.8) is 0 Å². The molecule has 4 aromatic rings. The van der Waals surface area contributed by atoms with Crippen molar-refractivity contribution in [2.24, 2.45) is 7.05 Å². The van der Waals surface area contributed by atoms with Gasteiger partial charge in [-0.15, -0.1) is 5.10 Å². The molecule has 0 N–H and O–H groups in total. The van der Waals surface area contributed by atoms with Gasteiger partial charge in [0.1, 0.15) is 5.52 Å². The summed E-state index contributed by atoms with van der Waals surface area (Å²) in [6.45, 7) is 4.26. The molecule has 0 unspecified atom stereocenters. The lowest BCUT2D eigenvalue weighted by molar-refractivity contribution is 0.736. The molecule has 0 saturated heterocycles. The summed E-state index contributed by atoms with van der Waals surface area (Å²) >= 11 is 0. The fraction of sp³-hybridized carbons (Fsp3) is 0.158. The van der Waals surface area contributed by atoms with Gasteiger partial charge in [0.05, 0.1) is 5.52 Å². The van der Waals surface area contributed by atoms with Gasteiger partial charge in [-0.25, -0.2) is 4.68 Å². The molecule has 0 bridgehead atoms. The van der Waals surface area contributed by atoms with Crippen LogP contribution in [0.1, 0.15) is 11.4 Å². The van der Waals surface area contributed by atoms with Crippen molar-refractivity contribution in [1.82, 2.24) is 19.6 Å². The minimum Gasteiger partial charge on any atom is -0.319 e. The second kappa shape index (κ2) is 5.09. The molecule has 0 aliphatic heterocycles. The first kappa shape index (κ1) is 13.8. The largest absolute Gasteiger partial charge is 0.319 e. The number of nitrogens with zero attached hydrogens (tertiary/aromatic N) is 4. The van der Waals surface area contributed by atoms with Crippen LogP contribution in [0, 0.1) is 13.8 Å². The van der Waals surface area contributed by atoms with Crippen LogP contribution in [0.4, 0.5) is 0 Å². The molecule has 0 atom stereocenters. The number of aromatic nitrogens is 4. The molecule has 114 valence electrons. The Bertz CT molecular complexity index is 971. The van der Waals surface area contributed by atoms with Gasteiger partial charge >= 0.3 is 0 Å². The van der Waals surface area contributed by atoms with Crippen molar-refractivity contribution < 1.29 is 0 Å². The molecule has 2 heterocycles. The van der Waals surface area contributed by atoms with Crippen molar-refractivity contribution in [2.45, 2.75) is 13.8 Å². The zero-order valence-electron chi connectivity index (χ0n) is 13.5. The van der Waals surface area contributed by atoms with Crippen LogP contribution in [0.5, 0.6) is 0 Å². The molecule has 4 heteroatoms. The Morgan fingerprint density at radius 3 is 2.13 bits per heavy atom. The van der Waals surface area contributed by atoms with Crippen LogP contribution < -0.4 is 0 Å². The Morgan fingerprint density at radius 1 is 0.783 bits per heavy atom. The monoisotopic (exact) mass is 302 g/mol. The van der Waals surface area contributed by atoms with Gasteiger partial charge < -0.3 is 4.57 Å². The fourth-order valence-corrected chi connectivity index (χ4v) is 3.10. The number of aryl methyl sites for hydroxylation is 3. The molecule has 4 rings (SSSR count). The quantitative estimate of drug-likeness (QED) is 0.560. The SMILES string of the molecule is Cc1ccc(C)n1-c1ccc(-c2ccc3c(c2)nnn3C)cc1. The maximum absolute atomic E-state index is 4.19. The smallest absolute Gasteiger partial charge is 0.113 e. The zero-order valence-corrected chi connectivity index (χ0v) is 13.5. The van der Waals surface area contributed by atoms with Gasteiger partial charge in [0, 0.05) is 24.1 Å². The fourth-order valence-electron chi connectivity index (χ4n) is 3.10. The summed E-state index contributed by atoms with van der Waals surface area (Å²) in [5, 5.41) is 8.26. The molecular formula is C19H18N4. The van der Waals surface area contributed by atoms with Crippen LogP contribution in [-0.2, 0) is 7.05 Å². The highest BCUT2D eigenvalue weighted by Crippen LogP contribution is 2.25. The lowest BCUT2D eigenvalue weighted by atomic mass is 10.0. The molecular weight excluding hydrogens is 284 g/mol. The number of hydrogen-bond donors (Lipinski definition) is 0. The molecule has 0 amide bonds. The number of hydrogen-bond acceptors (Lipinski definition) is 2. The highest BCUT2D eigenvalue weighted by molar-refractivity contribution is 5.81. The van der Waals surface area contributed by atoms with E-state index in [0.29, 0.717) is 0 Å². The predicted octanol–water partition coefficient (Wildman–Crippen LogP) is 4.04. The van der Waals surface area contributed by atoms with Crippen LogP contribution in [0.25, 0.3) is 27.8 Å². The summed E-state index contributed by atoms with van der Waals surface area (Å²) in [7, 11) is 1.91. The van der Waals surface area contributed by atoms with E-state index in [0.717, 1.165) is 16.6 Å². The summed E-state index contributed by atoms with van der Waals surface area (Å²) in [5.74, 6) is 0. The van der Waals surface area contributed by atoms with Crippen molar-refractivity contribution >= 4 is 11.0 Å². The van der Waals surface area contributed by atoms with Gasteiger partial charge in [0.25, 0.3) is 0 Å². The van der Waals surface area contributed by atoms with E-state index in [1.54, 1.807) is 4.68 Å². The molecule has 0 radical (unpaired) electrons. The summed E-state index contributed by atoms with van der Waals surface area (Å²) in [4.78, 5) is 0. The molecule has 0 aliphatic rings. The van der Waals surface area contributed by atoms with E-state index in [1.807, 2.05) is 7.05 Å². The molecule has 0 spiro atoms. The highest BCUT2D eigenvalue weighted by atomic mass is 15.4. The van der Waals surface area contributed by atoms with E-state index in [4.69, 9.17) is 0 Å². The maximum Gasteiger partial charge on any atom is 0.113 e. The first-order valence-corrected chi connectivity index (χ1v) is 7.69. The van der Waals surface area contributed by atoms with Crippen LogP contribution in [-0.4, -0.2) is 19.6 Å². The van der Waals surface area contributed by atoms with E-state index in [1.165, 1.54) is 22.6 Å². The number of rotatable bonds is 2. The van der Waals surface area contributed by atoms with Gasteiger partial charge in [-0.1, -0.05) is 23.4 Å². The number of fused-ring (bicyclic) bond motifs is 1.